The highest BCUT2D eigenvalue weighted by Gasteiger charge is 2.31. The van der Waals surface area contributed by atoms with Crippen molar-refractivity contribution in [1.82, 2.24) is 0 Å². The average Bonchev–Trinajstić information content (AvgIpc) is 2.63. The second kappa shape index (κ2) is 4.88. The fourth-order valence-electron chi connectivity index (χ4n) is 3.26. The van der Waals surface area contributed by atoms with Crippen molar-refractivity contribution in [1.29, 1.82) is 0 Å². The lowest BCUT2D eigenvalue weighted by atomic mass is 9.91. The van der Waals surface area contributed by atoms with Gasteiger partial charge in [0, 0.05) is 17.6 Å². The van der Waals surface area contributed by atoms with E-state index in [1.165, 1.54) is 6.42 Å². The number of Topliss-reactive ketones (excluding diaryl/α,β-unsaturated/α-hetero) is 1. The third kappa shape index (κ3) is 2.24. The van der Waals surface area contributed by atoms with Gasteiger partial charge in [0.1, 0.15) is 0 Å². The minimum Gasteiger partial charge on any atom is -0.370 e. The van der Waals surface area contributed by atoms with Gasteiger partial charge >= 0.3 is 0 Å². The van der Waals surface area contributed by atoms with Crippen LogP contribution in [-0.4, -0.2) is 24.8 Å². The van der Waals surface area contributed by atoms with Gasteiger partial charge in [-0.15, -0.1) is 0 Å². The van der Waals surface area contributed by atoms with Crippen LogP contribution in [0.15, 0.2) is 16.6 Å². The van der Waals surface area contributed by atoms with E-state index in [0.29, 0.717) is 23.1 Å². The lowest BCUT2D eigenvalue weighted by Gasteiger charge is -2.37. The van der Waals surface area contributed by atoms with Crippen molar-refractivity contribution in [3.05, 3.63) is 22.2 Å². The molecular weight excluding hydrogens is 320 g/mol. The lowest BCUT2D eigenvalue weighted by Crippen LogP contribution is -2.38. The number of ketones is 1. The molecule has 0 radical (unpaired) electrons. The van der Waals surface area contributed by atoms with Gasteiger partial charge in [-0.1, -0.05) is 13.8 Å². The van der Waals surface area contributed by atoms with Crippen molar-refractivity contribution in [2.24, 2.45) is 11.8 Å². The monoisotopic (exact) mass is 336 g/mol. The van der Waals surface area contributed by atoms with Crippen LogP contribution >= 0.6 is 15.9 Å². The van der Waals surface area contributed by atoms with Crippen molar-refractivity contribution < 1.29 is 9.59 Å². The number of hydrogen-bond acceptors (Lipinski definition) is 3. The molecule has 3 rings (SSSR count). The van der Waals surface area contributed by atoms with Crippen LogP contribution in [0, 0.1) is 11.8 Å². The summed E-state index contributed by atoms with van der Waals surface area (Å²) in [5.74, 6) is 0.308. The van der Waals surface area contributed by atoms with Crippen LogP contribution < -0.4 is 10.2 Å². The van der Waals surface area contributed by atoms with Gasteiger partial charge < -0.3 is 10.2 Å². The van der Waals surface area contributed by atoms with E-state index in [1.807, 2.05) is 6.07 Å². The number of fused-ring (bicyclic) bond motifs is 1. The molecule has 0 aromatic heterocycles. The van der Waals surface area contributed by atoms with Crippen LogP contribution in [0.25, 0.3) is 0 Å². The lowest BCUT2D eigenvalue weighted by molar-refractivity contribution is -0.112. The predicted molar refractivity (Wildman–Crippen MR) is 82.3 cm³/mol. The summed E-state index contributed by atoms with van der Waals surface area (Å²) < 4.78 is 0.877. The normalized spacial score (nSPS) is 25.6. The molecule has 2 atom stereocenters. The molecule has 0 spiro atoms. The molecule has 1 amide bonds. The molecule has 2 aliphatic rings. The summed E-state index contributed by atoms with van der Waals surface area (Å²) in [5, 5.41) is 2.64. The number of hydrogen-bond donors (Lipinski definition) is 1. The standard InChI is InChI=1S/C15H17BrN2O2/c1-8-3-9(2)7-18(6-8)13-5-12-10(4-11(13)16)14(19)15(20)17-12/h4-5,8-9H,3,6-7H2,1-2H3,(H,17,19,20). The number of amides is 1. The molecule has 0 bridgehead atoms. The molecule has 2 aliphatic heterocycles. The van der Waals surface area contributed by atoms with Crippen molar-refractivity contribution in [3.8, 4) is 0 Å². The Kier molecular flexibility index (Phi) is 3.32. The third-order valence-electron chi connectivity index (χ3n) is 4.00. The molecule has 20 heavy (non-hydrogen) atoms. The van der Waals surface area contributed by atoms with E-state index in [9.17, 15) is 9.59 Å². The molecule has 4 nitrogen and oxygen atoms in total. The zero-order valence-corrected chi connectivity index (χ0v) is 13.2. The van der Waals surface area contributed by atoms with Gasteiger partial charge in [0.15, 0.2) is 0 Å². The van der Waals surface area contributed by atoms with Gasteiger partial charge in [0.2, 0.25) is 0 Å². The number of benzene rings is 1. The molecule has 1 saturated heterocycles. The summed E-state index contributed by atoms with van der Waals surface area (Å²) in [6.45, 7) is 6.53. The number of halogens is 1. The summed E-state index contributed by atoms with van der Waals surface area (Å²) >= 11 is 3.54. The van der Waals surface area contributed by atoms with Crippen molar-refractivity contribution >= 4 is 39.0 Å². The van der Waals surface area contributed by atoms with Gasteiger partial charge in [-0.3, -0.25) is 9.59 Å². The molecule has 1 aromatic carbocycles. The van der Waals surface area contributed by atoms with Gasteiger partial charge in [-0.25, -0.2) is 0 Å². The van der Waals surface area contributed by atoms with Crippen molar-refractivity contribution in [2.75, 3.05) is 23.3 Å². The van der Waals surface area contributed by atoms with Crippen LogP contribution in [0.4, 0.5) is 11.4 Å². The maximum absolute atomic E-state index is 11.7. The van der Waals surface area contributed by atoms with Crippen molar-refractivity contribution in [3.63, 3.8) is 0 Å². The van der Waals surface area contributed by atoms with Crippen LogP contribution in [0.1, 0.15) is 30.6 Å². The highest BCUT2D eigenvalue weighted by molar-refractivity contribution is 9.10. The van der Waals surface area contributed by atoms with E-state index >= 15 is 0 Å². The van der Waals surface area contributed by atoms with Crippen LogP contribution in [0.2, 0.25) is 0 Å². The molecule has 1 aromatic rings. The van der Waals surface area contributed by atoms with Gasteiger partial charge in [-0.05, 0) is 46.3 Å². The summed E-state index contributed by atoms with van der Waals surface area (Å²) in [5.41, 5.74) is 2.14. The van der Waals surface area contributed by atoms with E-state index in [-0.39, 0.29) is 0 Å². The molecule has 0 aliphatic carbocycles. The number of nitrogens with zero attached hydrogens (tertiary/aromatic N) is 1. The molecule has 1 fully saturated rings. The Morgan fingerprint density at radius 2 is 1.85 bits per heavy atom. The number of piperidine rings is 1. The first-order valence-electron chi connectivity index (χ1n) is 6.90. The topological polar surface area (TPSA) is 49.4 Å². The molecule has 2 unspecified atom stereocenters. The highest BCUT2D eigenvalue weighted by atomic mass is 79.9. The Bertz CT molecular complexity index is 590. The molecule has 5 heteroatoms. The van der Waals surface area contributed by atoms with Gasteiger partial charge in [-0.2, -0.15) is 0 Å². The van der Waals surface area contributed by atoms with E-state index in [2.05, 4.69) is 40.0 Å². The van der Waals surface area contributed by atoms with E-state index in [1.54, 1.807) is 6.07 Å². The summed E-state index contributed by atoms with van der Waals surface area (Å²) in [6, 6.07) is 3.67. The number of carbonyl (C=O) groups is 2. The Hall–Kier alpha value is -1.36. The average molecular weight is 337 g/mol. The minimum absolute atomic E-state index is 0.451. The summed E-state index contributed by atoms with van der Waals surface area (Å²) in [7, 11) is 0. The van der Waals surface area contributed by atoms with E-state index in [0.717, 1.165) is 23.2 Å². The van der Waals surface area contributed by atoms with Crippen LogP contribution in [-0.2, 0) is 4.79 Å². The van der Waals surface area contributed by atoms with Crippen LogP contribution in [0.5, 0.6) is 0 Å². The molecule has 1 N–H and O–H groups in total. The first-order chi connectivity index (χ1) is 9.45. The van der Waals surface area contributed by atoms with Gasteiger partial charge in [0.25, 0.3) is 11.7 Å². The minimum atomic E-state index is -0.538. The summed E-state index contributed by atoms with van der Waals surface area (Å²) in [6.07, 6.45) is 1.24. The number of nitrogens with one attached hydrogen (secondary N) is 1. The largest absolute Gasteiger partial charge is 0.370 e. The number of carbonyl (C=O) groups excluding carboxylic acids is 2. The molecular formula is C15H17BrN2O2. The van der Waals surface area contributed by atoms with E-state index < -0.39 is 11.7 Å². The number of rotatable bonds is 1. The molecule has 106 valence electrons. The smallest absolute Gasteiger partial charge is 0.296 e. The zero-order valence-electron chi connectivity index (χ0n) is 11.6. The SMILES string of the molecule is CC1CC(C)CN(c2cc3c(cc2Br)C(=O)C(=O)N3)C1. The second-order valence-corrected chi connectivity index (χ2v) is 6.84. The number of anilines is 2. The van der Waals surface area contributed by atoms with Crippen molar-refractivity contribution in [2.45, 2.75) is 20.3 Å². The van der Waals surface area contributed by atoms with Crippen LogP contribution in [0.3, 0.4) is 0 Å². The quantitative estimate of drug-likeness (QED) is 0.802. The first-order valence-corrected chi connectivity index (χ1v) is 7.69. The third-order valence-corrected chi connectivity index (χ3v) is 4.63. The Morgan fingerprint density at radius 1 is 1.20 bits per heavy atom. The van der Waals surface area contributed by atoms with E-state index in [4.69, 9.17) is 0 Å². The maximum Gasteiger partial charge on any atom is 0.296 e. The predicted octanol–water partition coefficient (Wildman–Crippen LogP) is 3.07. The Balaban J connectivity index is 1.97. The Morgan fingerprint density at radius 3 is 2.50 bits per heavy atom. The fourth-order valence-corrected chi connectivity index (χ4v) is 3.85. The highest BCUT2D eigenvalue weighted by Crippen LogP contribution is 2.37. The second-order valence-electron chi connectivity index (χ2n) is 5.98. The van der Waals surface area contributed by atoms with Gasteiger partial charge in [0.05, 0.1) is 16.9 Å². The zero-order chi connectivity index (χ0) is 14.4. The fraction of sp³-hybridized carbons (Fsp3) is 0.467. The Labute approximate surface area is 126 Å². The summed E-state index contributed by atoms with van der Waals surface area (Å²) in [4.78, 5) is 25.5. The molecule has 0 saturated carbocycles. The molecule has 2 heterocycles. The first kappa shape index (κ1) is 13.6. The maximum atomic E-state index is 11.7.